The Morgan fingerprint density at radius 2 is 2.15 bits per heavy atom. The lowest BCUT2D eigenvalue weighted by Gasteiger charge is -2.18. The molecule has 0 radical (unpaired) electrons. The molecule has 0 fully saturated rings. The Labute approximate surface area is 77.7 Å². The number of hydrogen-bond acceptors (Lipinski definition) is 3. The monoisotopic (exact) mass is 197 g/mol. The minimum Gasteiger partial charge on any atom is -0.383 e. The summed E-state index contributed by atoms with van der Waals surface area (Å²) in [5, 5.41) is 3.07. The summed E-state index contributed by atoms with van der Waals surface area (Å²) in [6.45, 7) is 2.41. The number of aryl methyl sites for hydroxylation is 1. The molecule has 4 heteroatoms. The van der Waals surface area contributed by atoms with Gasteiger partial charge >= 0.3 is 0 Å². The van der Waals surface area contributed by atoms with Crippen LogP contribution in [-0.2, 0) is 9.84 Å². The highest BCUT2D eigenvalue weighted by Gasteiger charge is 2.22. The third kappa shape index (κ3) is 1.42. The van der Waals surface area contributed by atoms with Crippen LogP contribution >= 0.6 is 0 Å². The zero-order valence-electron chi connectivity index (χ0n) is 7.37. The highest BCUT2D eigenvalue weighted by Crippen LogP contribution is 2.26. The first-order valence-electron chi connectivity index (χ1n) is 4.17. The quantitative estimate of drug-likeness (QED) is 0.679. The summed E-state index contributed by atoms with van der Waals surface area (Å²) in [6, 6.07) is 5.45. The number of benzene rings is 1. The van der Waals surface area contributed by atoms with Gasteiger partial charge in [-0.25, -0.2) is 8.42 Å². The maximum Gasteiger partial charge on any atom is 0.182 e. The Balaban J connectivity index is 2.68. The van der Waals surface area contributed by atoms with Gasteiger partial charge in [-0.15, -0.1) is 0 Å². The van der Waals surface area contributed by atoms with Crippen molar-refractivity contribution in [2.24, 2.45) is 0 Å². The zero-order valence-corrected chi connectivity index (χ0v) is 8.19. The molecular formula is C9H11NO2S. The van der Waals surface area contributed by atoms with Crippen LogP contribution in [0.3, 0.4) is 0 Å². The largest absolute Gasteiger partial charge is 0.383 e. The number of anilines is 1. The van der Waals surface area contributed by atoms with Crippen LogP contribution in [0.5, 0.6) is 0 Å². The van der Waals surface area contributed by atoms with E-state index in [2.05, 4.69) is 5.32 Å². The van der Waals surface area contributed by atoms with Crippen molar-refractivity contribution in [3.8, 4) is 0 Å². The molecule has 0 aromatic heterocycles. The molecule has 1 N–H and O–H groups in total. The predicted octanol–water partition coefficient (Wildman–Crippen LogP) is 1.19. The van der Waals surface area contributed by atoms with Gasteiger partial charge in [-0.05, 0) is 24.6 Å². The normalized spacial score (nSPS) is 18.8. The molecule has 13 heavy (non-hydrogen) atoms. The first-order valence-corrected chi connectivity index (χ1v) is 5.82. The van der Waals surface area contributed by atoms with Gasteiger partial charge in [-0.2, -0.15) is 0 Å². The summed E-state index contributed by atoms with van der Waals surface area (Å²) >= 11 is 0. The third-order valence-corrected chi connectivity index (χ3v) is 3.91. The molecule has 0 saturated heterocycles. The van der Waals surface area contributed by atoms with E-state index in [-0.39, 0.29) is 5.75 Å². The molecule has 1 heterocycles. The average molecular weight is 197 g/mol. The Bertz CT molecular complexity index is 437. The zero-order chi connectivity index (χ0) is 9.47. The minimum atomic E-state index is -3.03. The summed E-state index contributed by atoms with van der Waals surface area (Å²) < 4.78 is 23.2. The second-order valence-electron chi connectivity index (χ2n) is 3.25. The van der Waals surface area contributed by atoms with E-state index in [1.54, 1.807) is 6.07 Å². The highest BCUT2D eigenvalue weighted by atomic mass is 32.2. The van der Waals surface area contributed by atoms with Crippen LogP contribution < -0.4 is 5.32 Å². The first kappa shape index (κ1) is 8.56. The molecule has 0 unspecified atom stereocenters. The fourth-order valence-electron chi connectivity index (χ4n) is 1.46. The summed E-state index contributed by atoms with van der Waals surface area (Å²) in [7, 11) is -3.03. The number of rotatable bonds is 0. The molecule has 0 bridgehead atoms. The van der Waals surface area contributed by atoms with Crippen molar-refractivity contribution in [1.82, 2.24) is 0 Å². The van der Waals surface area contributed by atoms with E-state index in [9.17, 15) is 8.42 Å². The van der Waals surface area contributed by atoms with Gasteiger partial charge < -0.3 is 5.32 Å². The van der Waals surface area contributed by atoms with E-state index in [0.29, 0.717) is 11.4 Å². The molecule has 1 aliphatic heterocycles. The van der Waals surface area contributed by atoms with Crippen molar-refractivity contribution in [2.75, 3.05) is 17.6 Å². The van der Waals surface area contributed by atoms with Gasteiger partial charge in [0.05, 0.1) is 16.3 Å². The average Bonchev–Trinajstić information content (AvgIpc) is 2.06. The number of nitrogens with one attached hydrogen (secondary N) is 1. The third-order valence-electron chi connectivity index (χ3n) is 2.16. The molecule has 0 spiro atoms. The lowest BCUT2D eigenvalue weighted by atomic mass is 10.2. The van der Waals surface area contributed by atoms with Crippen LogP contribution in [0.2, 0.25) is 0 Å². The highest BCUT2D eigenvalue weighted by molar-refractivity contribution is 7.91. The van der Waals surface area contributed by atoms with Gasteiger partial charge in [0.2, 0.25) is 0 Å². The van der Waals surface area contributed by atoms with Crippen molar-refractivity contribution in [3.63, 3.8) is 0 Å². The van der Waals surface area contributed by atoms with E-state index in [0.717, 1.165) is 11.3 Å². The van der Waals surface area contributed by atoms with Crippen molar-refractivity contribution in [2.45, 2.75) is 11.8 Å². The van der Waals surface area contributed by atoms with Crippen LogP contribution in [0, 0.1) is 6.92 Å². The summed E-state index contributed by atoms with van der Waals surface area (Å²) in [5.41, 5.74) is 1.71. The minimum absolute atomic E-state index is 0.198. The van der Waals surface area contributed by atoms with E-state index >= 15 is 0 Å². The molecule has 1 aromatic carbocycles. The molecular weight excluding hydrogens is 186 g/mol. The van der Waals surface area contributed by atoms with Crippen LogP contribution in [0.15, 0.2) is 23.1 Å². The predicted molar refractivity (Wildman–Crippen MR) is 51.7 cm³/mol. The van der Waals surface area contributed by atoms with Crippen LogP contribution in [0.4, 0.5) is 5.69 Å². The first-order chi connectivity index (χ1) is 6.09. The molecule has 1 aliphatic rings. The fourth-order valence-corrected chi connectivity index (χ4v) is 2.89. The van der Waals surface area contributed by atoms with Crippen LogP contribution in [-0.4, -0.2) is 20.7 Å². The van der Waals surface area contributed by atoms with Gasteiger partial charge in [0.25, 0.3) is 0 Å². The lowest BCUT2D eigenvalue weighted by Crippen LogP contribution is -2.23. The van der Waals surface area contributed by atoms with E-state index < -0.39 is 9.84 Å². The Kier molecular flexibility index (Phi) is 1.80. The summed E-state index contributed by atoms with van der Waals surface area (Å²) in [4.78, 5) is 0.443. The Morgan fingerprint density at radius 3 is 2.92 bits per heavy atom. The smallest absolute Gasteiger partial charge is 0.182 e. The molecule has 2 rings (SSSR count). The second-order valence-corrected chi connectivity index (χ2v) is 5.32. The standard InChI is InChI=1S/C9H11NO2S/c1-7-2-3-8-9(6-7)13(11,12)5-4-10-8/h2-3,6,10H,4-5H2,1H3. The molecule has 1 aromatic rings. The van der Waals surface area contributed by atoms with Crippen molar-refractivity contribution >= 4 is 15.5 Å². The number of sulfone groups is 1. The number of hydrogen-bond donors (Lipinski definition) is 1. The number of fused-ring (bicyclic) bond motifs is 1. The molecule has 0 saturated carbocycles. The SMILES string of the molecule is Cc1ccc2c(c1)S(=O)(=O)CCN2. The maximum atomic E-state index is 11.6. The summed E-state index contributed by atoms with van der Waals surface area (Å²) in [6.07, 6.45) is 0. The van der Waals surface area contributed by atoms with Crippen molar-refractivity contribution in [3.05, 3.63) is 23.8 Å². The van der Waals surface area contributed by atoms with Gasteiger partial charge in [0.15, 0.2) is 9.84 Å². The van der Waals surface area contributed by atoms with Crippen LogP contribution in [0.25, 0.3) is 0 Å². The topological polar surface area (TPSA) is 46.2 Å². The lowest BCUT2D eigenvalue weighted by molar-refractivity contribution is 0.594. The molecule has 3 nitrogen and oxygen atoms in total. The van der Waals surface area contributed by atoms with Crippen molar-refractivity contribution in [1.29, 1.82) is 0 Å². The van der Waals surface area contributed by atoms with E-state index in [1.165, 1.54) is 0 Å². The maximum absolute atomic E-state index is 11.6. The van der Waals surface area contributed by atoms with Crippen LogP contribution in [0.1, 0.15) is 5.56 Å². The van der Waals surface area contributed by atoms with Gasteiger partial charge in [0, 0.05) is 6.54 Å². The van der Waals surface area contributed by atoms with Gasteiger partial charge in [-0.1, -0.05) is 6.07 Å². The molecule has 0 atom stereocenters. The fraction of sp³-hybridized carbons (Fsp3) is 0.333. The van der Waals surface area contributed by atoms with E-state index in [1.807, 2.05) is 19.1 Å². The second kappa shape index (κ2) is 2.73. The van der Waals surface area contributed by atoms with Crippen molar-refractivity contribution < 1.29 is 8.42 Å². The van der Waals surface area contributed by atoms with Gasteiger partial charge in [0.1, 0.15) is 0 Å². The molecule has 70 valence electrons. The molecule has 0 amide bonds. The molecule has 0 aliphatic carbocycles. The van der Waals surface area contributed by atoms with E-state index in [4.69, 9.17) is 0 Å². The van der Waals surface area contributed by atoms with Gasteiger partial charge in [-0.3, -0.25) is 0 Å². The summed E-state index contributed by atoms with van der Waals surface area (Å²) in [5.74, 6) is 0.198. The Morgan fingerprint density at radius 1 is 1.38 bits per heavy atom. The Hall–Kier alpha value is -1.03.